The molecule has 0 heterocycles. The normalized spacial score (nSPS) is 23.9. The molecule has 1 aliphatic carbocycles. The predicted molar refractivity (Wildman–Crippen MR) is 63.0 cm³/mol. The minimum atomic E-state index is -1.26. The average Bonchev–Trinajstić information content (AvgIpc) is 2.08. The molecule has 94 valence electrons. The minimum Gasteiger partial charge on any atom is -0.458 e. The van der Waals surface area contributed by atoms with Crippen molar-refractivity contribution in [2.75, 3.05) is 0 Å². The molecule has 1 aliphatic rings. The van der Waals surface area contributed by atoms with Gasteiger partial charge in [0.1, 0.15) is 5.60 Å². The lowest BCUT2D eigenvalue weighted by Crippen LogP contribution is -2.47. The molecule has 0 atom stereocenters. The Bertz CT molecular complexity index is 263. The van der Waals surface area contributed by atoms with Crippen LogP contribution in [0.5, 0.6) is 0 Å². The van der Waals surface area contributed by atoms with E-state index in [9.17, 15) is 9.90 Å². The molecule has 16 heavy (non-hydrogen) atoms. The fraction of sp³-hybridized carbons (Fsp3) is 0.923. The van der Waals surface area contributed by atoms with E-state index < -0.39 is 17.2 Å². The van der Waals surface area contributed by atoms with E-state index in [1.54, 1.807) is 0 Å². The van der Waals surface area contributed by atoms with Crippen molar-refractivity contribution in [3.05, 3.63) is 0 Å². The zero-order valence-electron chi connectivity index (χ0n) is 11.1. The van der Waals surface area contributed by atoms with Crippen molar-refractivity contribution in [3.63, 3.8) is 0 Å². The molecule has 0 aliphatic heterocycles. The van der Waals surface area contributed by atoms with Crippen LogP contribution in [0.2, 0.25) is 0 Å². The second-order valence-corrected chi connectivity index (χ2v) is 6.70. The third-order valence-corrected chi connectivity index (χ3v) is 3.21. The molecule has 0 radical (unpaired) electrons. The van der Waals surface area contributed by atoms with E-state index in [0.29, 0.717) is 12.8 Å². The zero-order valence-corrected chi connectivity index (χ0v) is 11.1. The van der Waals surface area contributed by atoms with Crippen molar-refractivity contribution < 1.29 is 14.6 Å². The lowest BCUT2D eigenvalue weighted by atomic mass is 9.71. The summed E-state index contributed by atoms with van der Waals surface area (Å²) in [5, 5.41) is 10.3. The molecule has 3 nitrogen and oxygen atoms in total. The molecule has 0 spiro atoms. The van der Waals surface area contributed by atoms with Gasteiger partial charge in [0.25, 0.3) is 0 Å². The largest absolute Gasteiger partial charge is 0.458 e. The number of carbonyl (C=O) groups is 1. The zero-order chi connectivity index (χ0) is 12.6. The van der Waals surface area contributed by atoms with E-state index in [2.05, 4.69) is 13.8 Å². The summed E-state index contributed by atoms with van der Waals surface area (Å²) in [4.78, 5) is 11.9. The third kappa shape index (κ3) is 3.48. The highest BCUT2D eigenvalue weighted by atomic mass is 16.6. The predicted octanol–water partition coefficient (Wildman–Crippen LogP) is 2.66. The Balaban J connectivity index is 2.63. The molecule has 1 fully saturated rings. The standard InChI is InChI=1S/C13H24O3/c1-11(2,3)16-10(14)13(15)8-6-12(4,5)7-9-13/h15H,6-9H2,1-5H3. The monoisotopic (exact) mass is 228 g/mol. The highest BCUT2D eigenvalue weighted by Crippen LogP contribution is 2.41. The van der Waals surface area contributed by atoms with Crippen molar-refractivity contribution in [1.29, 1.82) is 0 Å². The van der Waals surface area contributed by atoms with Gasteiger partial charge in [-0.2, -0.15) is 0 Å². The van der Waals surface area contributed by atoms with Crippen molar-refractivity contribution in [1.82, 2.24) is 0 Å². The van der Waals surface area contributed by atoms with E-state index in [-0.39, 0.29) is 5.41 Å². The van der Waals surface area contributed by atoms with Gasteiger partial charge in [0, 0.05) is 0 Å². The number of esters is 1. The van der Waals surface area contributed by atoms with Gasteiger partial charge in [-0.25, -0.2) is 4.79 Å². The number of carbonyl (C=O) groups excluding carboxylic acids is 1. The Morgan fingerprint density at radius 2 is 1.56 bits per heavy atom. The van der Waals surface area contributed by atoms with Crippen LogP contribution in [0.4, 0.5) is 0 Å². The Morgan fingerprint density at radius 3 is 1.94 bits per heavy atom. The minimum absolute atomic E-state index is 0.230. The van der Waals surface area contributed by atoms with Gasteiger partial charge < -0.3 is 9.84 Å². The van der Waals surface area contributed by atoms with Crippen LogP contribution in [0.1, 0.15) is 60.3 Å². The van der Waals surface area contributed by atoms with Crippen molar-refractivity contribution in [3.8, 4) is 0 Å². The van der Waals surface area contributed by atoms with Crippen LogP contribution >= 0.6 is 0 Å². The van der Waals surface area contributed by atoms with Gasteiger partial charge in [-0.15, -0.1) is 0 Å². The molecule has 1 rings (SSSR count). The summed E-state index contributed by atoms with van der Waals surface area (Å²) < 4.78 is 5.26. The lowest BCUT2D eigenvalue weighted by molar-refractivity contribution is -0.182. The van der Waals surface area contributed by atoms with Crippen LogP contribution < -0.4 is 0 Å². The van der Waals surface area contributed by atoms with Crippen LogP contribution in [0.15, 0.2) is 0 Å². The van der Waals surface area contributed by atoms with Crippen LogP contribution in [0.3, 0.4) is 0 Å². The molecule has 0 saturated heterocycles. The van der Waals surface area contributed by atoms with Gasteiger partial charge in [-0.05, 0) is 51.9 Å². The maximum absolute atomic E-state index is 11.9. The lowest BCUT2D eigenvalue weighted by Gasteiger charge is -2.39. The van der Waals surface area contributed by atoms with Crippen LogP contribution in [0.25, 0.3) is 0 Å². The van der Waals surface area contributed by atoms with Crippen LogP contribution in [-0.2, 0) is 9.53 Å². The number of rotatable bonds is 1. The molecule has 3 heteroatoms. The van der Waals surface area contributed by atoms with Gasteiger partial charge in [0.15, 0.2) is 5.60 Å². The Morgan fingerprint density at radius 1 is 1.12 bits per heavy atom. The molecule has 0 bridgehead atoms. The first-order valence-corrected chi connectivity index (χ1v) is 6.00. The highest BCUT2D eigenvalue weighted by Gasteiger charge is 2.44. The number of hydrogen-bond acceptors (Lipinski definition) is 3. The summed E-state index contributed by atoms with van der Waals surface area (Å²) in [5.41, 5.74) is -1.56. The third-order valence-electron chi connectivity index (χ3n) is 3.21. The molecular formula is C13H24O3. The summed E-state index contributed by atoms with van der Waals surface area (Å²) in [6.07, 6.45) is 2.75. The van der Waals surface area contributed by atoms with Gasteiger partial charge in [-0.1, -0.05) is 13.8 Å². The van der Waals surface area contributed by atoms with Gasteiger partial charge >= 0.3 is 5.97 Å². The molecule has 1 saturated carbocycles. The van der Waals surface area contributed by atoms with Gasteiger partial charge in [0.05, 0.1) is 0 Å². The molecule has 0 amide bonds. The molecule has 0 aromatic rings. The first-order chi connectivity index (χ1) is 7.04. The molecule has 1 N–H and O–H groups in total. The summed E-state index contributed by atoms with van der Waals surface area (Å²) in [5.74, 6) is -0.463. The van der Waals surface area contributed by atoms with Crippen LogP contribution in [-0.4, -0.2) is 22.3 Å². The van der Waals surface area contributed by atoms with E-state index in [1.807, 2.05) is 20.8 Å². The average molecular weight is 228 g/mol. The number of ether oxygens (including phenoxy) is 1. The fourth-order valence-electron chi connectivity index (χ4n) is 1.92. The van der Waals surface area contributed by atoms with Crippen molar-refractivity contribution in [2.45, 2.75) is 71.5 Å². The summed E-state index contributed by atoms with van der Waals surface area (Å²) in [6.45, 7) is 9.80. The first-order valence-electron chi connectivity index (χ1n) is 6.00. The Hall–Kier alpha value is -0.570. The maximum atomic E-state index is 11.9. The number of aliphatic hydroxyl groups is 1. The second-order valence-electron chi connectivity index (χ2n) is 6.70. The van der Waals surface area contributed by atoms with E-state index in [0.717, 1.165) is 12.8 Å². The second kappa shape index (κ2) is 4.02. The summed E-state index contributed by atoms with van der Waals surface area (Å²) >= 11 is 0. The van der Waals surface area contributed by atoms with E-state index in [1.165, 1.54) is 0 Å². The highest BCUT2D eigenvalue weighted by molar-refractivity contribution is 5.79. The molecule has 0 aromatic heterocycles. The van der Waals surface area contributed by atoms with Crippen LogP contribution in [0, 0.1) is 5.41 Å². The summed E-state index contributed by atoms with van der Waals surface area (Å²) in [6, 6.07) is 0. The molecular weight excluding hydrogens is 204 g/mol. The SMILES string of the molecule is CC1(C)CCC(O)(C(=O)OC(C)(C)C)CC1. The molecule has 0 aromatic carbocycles. The van der Waals surface area contributed by atoms with Gasteiger partial charge in [-0.3, -0.25) is 0 Å². The fourth-order valence-corrected chi connectivity index (χ4v) is 1.92. The Kier molecular flexibility index (Phi) is 3.39. The number of hydrogen-bond donors (Lipinski definition) is 1. The van der Waals surface area contributed by atoms with Crippen molar-refractivity contribution >= 4 is 5.97 Å². The van der Waals surface area contributed by atoms with E-state index >= 15 is 0 Å². The maximum Gasteiger partial charge on any atom is 0.338 e. The van der Waals surface area contributed by atoms with Crippen molar-refractivity contribution in [2.24, 2.45) is 5.41 Å². The molecule has 0 unspecified atom stereocenters. The quantitative estimate of drug-likeness (QED) is 0.702. The van der Waals surface area contributed by atoms with Gasteiger partial charge in [0.2, 0.25) is 0 Å². The first kappa shape index (κ1) is 13.5. The van der Waals surface area contributed by atoms with E-state index in [4.69, 9.17) is 4.74 Å². The summed E-state index contributed by atoms with van der Waals surface area (Å²) in [7, 11) is 0. The smallest absolute Gasteiger partial charge is 0.338 e. The topological polar surface area (TPSA) is 46.5 Å². The Labute approximate surface area is 98.2 Å².